The molecule has 0 saturated carbocycles. The molecular formula is C13H20ClFN2. The van der Waals surface area contributed by atoms with E-state index >= 15 is 0 Å². The van der Waals surface area contributed by atoms with E-state index in [1.807, 2.05) is 0 Å². The summed E-state index contributed by atoms with van der Waals surface area (Å²) in [6.07, 6.45) is 0. The number of benzene rings is 1. The molecule has 0 unspecified atom stereocenters. The molecule has 0 aliphatic heterocycles. The number of nitrogens with zero attached hydrogens (tertiary/aromatic N) is 1. The van der Waals surface area contributed by atoms with E-state index in [4.69, 9.17) is 17.3 Å². The van der Waals surface area contributed by atoms with Gasteiger partial charge in [-0.25, -0.2) is 4.39 Å². The molecule has 0 aromatic heterocycles. The lowest BCUT2D eigenvalue weighted by atomic mass is 10.1. The second-order valence-corrected chi connectivity index (χ2v) is 5.37. The molecule has 1 aromatic carbocycles. The van der Waals surface area contributed by atoms with Gasteiger partial charge in [-0.1, -0.05) is 25.4 Å². The predicted molar refractivity (Wildman–Crippen MR) is 73.1 cm³/mol. The zero-order valence-electron chi connectivity index (χ0n) is 10.8. The van der Waals surface area contributed by atoms with Crippen LogP contribution in [0, 0.1) is 11.7 Å². The Morgan fingerprint density at radius 3 is 2.35 bits per heavy atom. The first-order chi connectivity index (χ1) is 7.82. The highest BCUT2D eigenvalue weighted by molar-refractivity contribution is 6.31. The lowest BCUT2D eigenvalue weighted by Crippen LogP contribution is -2.34. The van der Waals surface area contributed by atoms with Gasteiger partial charge in [0.2, 0.25) is 0 Å². The van der Waals surface area contributed by atoms with Crippen molar-refractivity contribution < 1.29 is 4.39 Å². The molecule has 0 fully saturated rings. The summed E-state index contributed by atoms with van der Waals surface area (Å²) in [5.74, 6) is 0.0294. The minimum absolute atomic E-state index is 0.114. The molecule has 0 aliphatic rings. The first kappa shape index (κ1) is 14.1. The molecule has 1 rings (SSSR count). The maximum absolute atomic E-state index is 13.3. The SMILES string of the molecule is CC(C)CN(c1cc(Cl)c(F)cc1N)C(C)C. The highest BCUT2D eigenvalue weighted by atomic mass is 35.5. The van der Waals surface area contributed by atoms with Gasteiger partial charge in [0.1, 0.15) is 5.82 Å². The molecule has 0 saturated heterocycles. The van der Waals surface area contributed by atoms with E-state index in [-0.39, 0.29) is 5.02 Å². The van der Waals surface area contributed by atoms with Crippen molar-refractivity contribution in [3.8, 4) is 0 Å². The molecule has 0 aliphatic carbocycles. The van der Waals surface area contributed by atoms with Crippen molar-refractivity contribution in [3.63, 3.8) is 0 Å². The monoisotopic (exact) mass is 258 g/mol. The normalized spacial score (nSPS) is 11.3. The molecule has 96 valence electrons. The molecule has 2 nitrogen and oxygen atoms in total. The van der Waals surface area contributed by atoms with Crippen LogP contribution < -0.4 is 10.6 Å². The van der Waals surface area contributed by atoms with Crippen LogP contribution >= 0.6 is 11.6 Å². The maximum atomic E-state index is 13.3. The van der Waals surface area contributed by atoms with Crippen molar-refractivity contribution in [1.82, 2.24) is 0 Å². The number of halogens is 2. The lowest BCUT2D eigenvalue weighted by molar-refractivity contribution is 0.570. The summed E-state index contributed by atoms with van der Waals surface area (Å²) in [6, 6.07) is 3.18. The van der Waals surface area contributed by atoms with Crippen LogP contribution in [0.4, 0.5) is 15.8 Å². The van der Waals surface area contributed by atoms with Gasteiger partial charge in [0, 0.05) is 18.7 Å². The summed E-state index contributed by atoms with van der Waals surface area (Å²) in [5, 5.41) is 0.114. The van der Waals surface area contributed by atoms with E-state index in [9.17, 15) is 4.39 Å². The van der Waals surface area contributed by atoms with E-state index in [2.05, 4.69) is 32.6 Å². The van der Waals surface area contributed by atoms with E-state index in [0.717, 1.165) is 12.2 Å². The molecule has 17 heavy (non-hydrogen) atoms. The van der Waals surface area contributed by atoms with Gasteiger partial charge < -0.3 is 10.6 Å². The van der Waals surface area contributed by atoms with Crippen LogP contribution in [-0.2, 0) is 0 Å². The topological polar surface area (TPSA) is 29.3 Å². The molecule has 0 spiro atoms. The van der Waals surface area contributed by atoms with E-state index in [1.165, 1.54) is 6.07 Å². The quantitative estimate of drug-likeness (QED) is 0.829. The van der Waals surface area contributed by atoms with Crippen molar-refractivity contribution in [2.75, 3.05) is 17.2 Å². The van der Waals surface area contributed by atoms with Gasteiger partial charge in [-0.3, -0.25) is 0 Å². The van der Waals surface area contributed by atoms with E-state index in [0.29, 0.717) is 17.6 Å². The molecule has 0 atom stereocenters. The molecule has 0 bridgehead atoms. The van der Waals surface area contributed by atoms with Crippen molar-refractivity contribution >= 4 is 23.0 Å². The average Bonchev–Trinajstić information content (AvgIpc) is 2.20. The Balaban J connectivity index is 3.14. The minimum Gasteiger partial charge on any atom is -0.397 e. The number of hydrogen-bond acceptors (Lipinski definition) is 2. The number of hydrogen-bond donors (Lipinski definition) is 1. The van der Waals surface area contributed by atoms with Crippen molar-refractivity contribution in [1.29, 1.82) is 0 Å². The second kappa shape index (κ2) is 5.58. The molecular weight excluding hydrogens is 239 g/mol. The Morgan fingerprint density at radius 2 is 1.88 bits per heavy atom. The van der Waals surface area contributed by atoms with Gasteiger partial charge in [-0.05, 0) is 25.8 Å². The Bertz CT molecular complexity index is 391. The van der Waals surface area contributed by atoms with Gasteiger partial charge in [-0.15, -0.1) is 0 Å². The van der Waals surface area contributed by atoms with Gasteiger partial charge in [0.05, 0.1) is 16.4 Å². The number of nitrogen functional groups attached to an aromatic ring is 1. The number of rotatable bonds is 4. The average molecular weight is 259 g/mol. The molecule has 0 radical (unpaired) electrons. The maximum Gasteiger partial charge on any atom is 0.143 e. The zero-order valence-corrected chi connectivity index (χ0v) is 11.6. The van der Waals surface area contributed by atoms with Crippen molar-refractivity contribution in [2.24, 2.45) is 5.92 Å². The molecule has 0 amide bonds. The Labute approximate surface area is 108 Å². The summed E-state index contributed by atoms with van der Waals surface area (Å²) < 4.78 is 13.3. The molecule has 2 N–H and O–H groups in total. The van der Waals surface area contributed by atoms with Gasteiger partial charge in [0.15, 0.2) is 0 Å². The van der Waals surface area contributed by atoms with Crippen molar-refractivity contribution in [2.45, 2.75) is 33.7 Å². The Morgan fingerprint density at radius 1 is 1.29 bits per heavy atom. The Hall–Kier alpha value is -0.960. The fourth-order valence-corrected chi connectivity index (χ4v) is 1.94. The summed E-state index contributed by atoms with van der Waals surface area (Å²) in [4.78, 5) is 2.14. The van der Waals surface area contributed by atoms with Crippen LogP contribution in [0.5, 0.6) is 0 Å². The fraction of sp³-hybridized carbons (Fsp3) is 0.538. The molecule has 1 aromatic rings. The Kier molecular flexibility index (Phi) is 4.63. The zero-order chi connectivity index (χ0) is 13.2. The first-order valence-corrected chi connectivity index (χ1v) is 6.21. The summed E-state index contributed by atoms with van der Waals surface area (Å²) in [7, 11) is 0. The minimum atomic E-state index is -0.471. The second-order valence-electron chi connectivity index (χ2n) is 4.97. The van der Waals surface area contributed by atoms with Gasteiger partial charge >= 0.3 is 0 Å². The van der Waals surface area contributed by atoms with Crippen LogP contribution in [0.15, 0.2) is 12.1 Å². The van der Waals surface area contributed by atoms with Crippen LogP contribution in [0.1, 0.15) is 27.7 Å². The summed E-state index contributed by atoms with van der Waals surface area (Å²) in [5.41, 5.74) is 7.10. The number of nitrogens with two attached hydrogens (primary N) is 1. The molecule has 0 heterocycles. The van der Waals surface area contributed by atoms with Crippen molar-refractivity contribution in [3.05, 3.63) is 23.0 Å². The highest BCUT2D eigenvalue weighted by Crippen LogP contribution is 2.31. The smallest absolute Gasteiger partial charge is 0.143 e. The fourth-order valence-electron chi connectivity index (χ4n) is 1.78. The number of anilines is 2. The van der Waals surface area contributed by atoms with Gasteiger partial charge in [-0.2, -0.15) is 0 Å². The van der Waals surface area contributed by atoms with Crippen LogP contribution in [-0.4, -0.2) is 12.6 Å². The lowest BCUT2D eigenvalue weighted by Gasteiger charge is -2.32. The first-order valence-electron chi connectivity index (χ1n) is 5.84. The van der Waals surface area contributed by atoms with Gasteiger partial charge in [0.25, 0.3) is 0 Å². The third-order valence-corrected chi connectivity index (χ3v) is 2.85. The van der Waals surface area contributed by atoms with Crippen LogP contribution in [0.3, 0.4) is 0 Å². The standard InChI is InChI=1S/C13H20ClFN2/c1-8(2)7-17(9(3)4)13-5-10(14)11(15)6-12(13)16/h5-6,8-9H,7,16H2,1-4H3. The van der Waals surface area contributed by atoms with E-state index in [1.54, 1.807) is 6.07 Å². The predicted octanol–water partition coefficient (Wildman–Crippen LogP) is 3.93. The summed E-state index contributed by atoms with van der Waals surface area (Å²) in [6.45, 7) is 9.30. The highest BCUT2D eigenvalue weighted by Gasteiger charge is 2.16. The van der Waals surface area contributed by atoms with Crippen LogP contribution in [0.25, 0.3) is 0 Å². The third kappa shape index (κ3) is 3.50. The van der Waals surface area contributed by atoms with Crippen LogP contribution in [0.2, 0.25) is 5.02 Å². The van der Waals surface area contributed by atoms with E-state index < -0.39 is 5.82 Å². The largest absolute Gasteiger partial charge is 0.397 e. The third-order valence-electron chi connectivity index (χ3n) is 2.56. The summed E-state index contributed by atoms with van der Waals surface area (Å²) >= 11 is 5.81. The molecule has 4 heteroatoms.